The van der Waals surface area contributed by atoms with Crippen molar-refractivity contribution in [1.29, 1.82) is 0 Å². The summed E-state index contributed by atoms with van der Waals surface area (Å²) in [6.45, 7) is 3.48. The Balaban J connectivity index is 2.34. The van der Waals surface area contributed by atoms with Gasteiger partial charge in [-0.1, -0.05) is 54.8 Å². The van der Waals surface area contributed by atoms with Crippen LogP contribution in [0.1, 0.15) is 31.2 Å². The number of hydrogen-bond acceptors (Lipinski definition) is 6. The Labute approximate surface area is 194 Å². The van der Waals surface area contributed by atoms with Gasteiger partial charge in [-0.25, -0.2) is 8.42 Å². The second-order valence-electron chi connectivity index (χ2n) is 7.18. The lowest BCUT2D eigenvalue weighted by atomic mass is 9.79. The molecule has 0 aromatic heterocycles. The van der Waals surface area contributed by atoms with Crippen molar-refractivity contribution in [2.24, 2.45) is 5.41 Å². The number of allylic oxidation sites excluding steroid dienone is 1. The van der Waals surface area contributed by atoms with Crippen LogP contribution in [0.2, 0.25) is 0 Å². The van der Waals surface area contributed by atoms with Gasteiger partial charge < -0.3 is 9.47 Å². The van der Waals surface area contributed by atoms with Crippen LogP contribution in [0.25, 0.3) is 0 Å². The van der Waals surface area contributed by atoms with Gasteiger partial charge in [0.05, 0.1) is 24.0 Å². The molecule has 2 rings (SSSR count). The van der Waals surface area contributed by atoms with Gasteiger partial charge in [0.15, 0.2) is 5.41 Å². The molecule has 0 atom stereocenters. The van der Waals surface area contributed by atoms with E-state index in [1.54, 1.807) is 18.2 Å². The van der Waals surface area contributed by atoms with Crippen LogP contribution in [0.5, 0.6) is 0 Å². The summed E-state index contributed by atoms with van der Waals surface area (Å²) in [6, 6.07) is 17.1. The Kier molecular flexibility index (Phi) is 9.23. The normalized spacial score (nSPS) is 10.8. The molecule has 0 radical (unpaired) electrons. The number of hydrogen-bond donors (Lipinski definition) is 0. The Morgan fingerprint density at radius 3 is 2.00 bits per heavy atom. The molecule has 0 fully saturated rings. The first-order chi connectivity index (χ1) is 15.8. The standard InChI is InChI=1S/C26H26O6S/c1-4-22(33(29,30)23-17-11-6-12-18-23)20-26(24(27)31-2,25(28)32-3)19-13-7-10-16-21-14-8-5-9-15-21/h5-6,8-9,11-12,14-15,17-18H,1,7,13,19-20H2,2-3H3. The van der Waals surface area contributed by atoms with Crippen LogP contribution in [0, 0.1) is 17.3 Å². The average Bonchev–Trinajstić information content (AvgIpc) is 2.85. The molecule has 0 aliphatic heterocycles. The van der Waals surface area contributed by atoms with Gasteiger partial charge >= 0.3 is 11.9 Å². The molecule has 0 N–H and O–H groups in total. The Bertz CT molecular complexity index is 1170. The lowest BCUT2D eigenvalue weighted by Crippen LogP contribution is -2.42. The highest BCUT2D eigenvalue weighted by molar-refractivity contribution is 7.95. The van der Waals surface area contributed by atoms with E-state index in [0.717, 1.165) is 19.8 Å². The zero-order chi connectivity index (χ0) is 24.3. The fourth-order valence-electron chi connectivity index (χ4n) is 3.34. The highest BCUT2D eigenvalue weighted by Crippen LogP contribution is 2.38. The molecular weight excluding hydrogens is 440 g/mol. The monoisotopic (exact) mass is 466 g/mol. The average molecular weight is 467 g/mol. The summed E-state index contributed by atoms with van der Waals surface area (Å²) in [5.41, 5.74) is 1.38. The summed E-state index contributed by atoms with van der Waals surface area (Å²) in [4.78, 5) is 25.4. The molecule has 0 aliphatic carbocycles. The predicted molar refractivity (Wildman–Crippen MR) is 125 cm³/mol. The summed E-state index contributed by atoms with van der Waals surface area (Å²) in [6.07, 6.45) is 0.202. The molecule has 7 heteroatoms. The van der Waals surface area contributed by atoms with Crippen LogP contribution in [0.15, 0.2) is 82.8 Å². The SMILES string of the molecule is C=C=C(CC(CCCC#Cc1ccccc1)(C(=O)OC)C(=O)OC)S(=O)(=O)c1ccccc1. The van der Waals surface area contributed by atoms with Crippen LogP contribution in [0.3, 0.4) is 0 Å². The number of methoxy groups -OCH3 is 2. The van der Waals surface area contributed by atoms with Gasteiger partial charge in [-0.2, -0.15) is 0 Å². The number of carbonyl (C=O) groups excluding carboxylic acids is 2. The van der Waals surface area contributed by atoms with E-state index in [1.165, 1.54) is 12.1 Å². The Morgan fingerprint density at radius 2 is 1.48 bits per heavy atom. The second-order valence-corrected chi connectivity index (χ2v) is 9.15. The fourth-order valence-corrected chi connectivity index (χ4v) is 4.77. The fraction of sp³-hybridized carbons (Fsp3) is 0.269. The molecule has 0 heterocycles. The van der Waals surface area contributed by atoms with Gasteiger partial charge in [0.25, 0.3) is 0 Å². The van der Waals surface area contributed by atoms with Crippen molar-refractivity contribution >= 4 is 21.8 Å². The van der Waals surface area contributed by atoms with Crippen molar-refractivity contribution in [3.8, 4) is 11.8 Å². The minimum Gasteiger partial charge on any atom is -0.468 e. The van der Waals surface area contributed by atoms with Crippen LogP contribution < -0.4 is 0 Å². The number of ether oxygens (including phenoxy) is 2. The van der Waals surface area contributed by atoms with Crippen molar-refractivity contribution in [2.75, 3.05) is 14.2 Å². The highest BCUT2D eigenvalue weighted by Gasteiger charge is 2.50. The Hall–Kier alpha value is -3.59. The van der Waals surface area contributed by atoms with Crippen molar-refractivity contribution < 1.29 is 27.5 Å². The molecule has 0 saturated carbocycles. The van der Waals surface area contributed by atoms with E-state index in [-0.39, 0.29) is 16.2 Å². The first-order valence-corrected chi connectivity index (χ1v) is 11.7. The highest BCUT2D eigenvalue weighted by atomic mass is 32.2. The van der Waals surface area contributed by atoms with Crippen LogP contribution in [0.4, 0.5) is 0 Å². The minimum absolute atomic E-state index is 0.00788. The maximum Gasteiger partial charge on any atom is 0.323 e. The van der Waals surface area contributed by atoms with E-state index in [4.69, 9.17) is 9.47 Å². The number of esters is 2. The number of rotatable bonds is 9. The lowest BCUT2D eigenvalue weighted by Gasteiger charge is -2.28. The maximum absolute atomic E-state index is 13.1. The smallest absolute Gasteiger partial charge is 0.323 e. The van der Waals surface area contributed by atoms with Crippen molar-refractivity contribution in [1.82, 2.24) is 0 Å². The molecule has 0 amide bonds. The zero-order valence-corrected chi connectivity index (χ0v) is 19.5. The molecule has 0 aliphatic rings. The summed E-state index contributed by atoms with van der Waals surface area (Å²) in [7, 11) is -1.77. The summed E-state index contributed by atoms with van der Waals surface area (Å²) < 4.78 is 36.1. The molecule has 172 valence electrons. The first-order valence-electron chi connectivity index (χ1n) is 10.2. The molecule has 6 nitrogen and oxygen atoms in total. The quantitative estimate of drug-likeness (QED) is 0.182. The van der Waals surface area contributed by atoms with E-state index in [1.807, 2.05) is 30.3 Å². The predicted octanol–water partition coefficient (Wildman–Crippen LogP) is 4.07. The summed E-state index contributed by atoms with van der Waals surface area (Å²) >= 11 is 0. The topological polar surface area (TPSA) is 86.7 Å². The van der Waals surface area contributed by atoms with Crippen LogP contribution in [-0.4, -0.2) is 34.6 Å². The first kappa shape index (κ1) is 25.7. The summed E-state index contributed by atoms with van der Waals surface area (Å²) in [5.74, 6) is 4.24. The number of unbranched alkanes of at least 4 members (excludes halogenated alkanes) is 1. The third-order valence-electron chi connectivity index (χ3n) is 5.10. The van der Waals surface area contributed by atoms with Gasteiger partial charge in [0.1, 0.15) is 0 Å². The van der Waals surface area contributed by atoms with E-state index in [0.29, 0.717) is 12.8 Å². The van der Waals surface area contributed by atoms with E-state index in [9.17, 15) is 18.0 Å². The molecular formula is C26H26O6S. The van der Waals surface area contributed by atoms with E-state index in [2.05, 4.69) is 24.2 Å². The number of sulfone groups is 1. The van der Waals surface area contributed by atoms with Gasteiger partial charge in [-0.05, 0) is 37.1 Å². The third-order valence-corrected chi connectivity index (χ3v) is 6.93. The maximum atomic E-state index is 13.1. The molecule has 0 spiro atoms. The van der Waals surface area contributed by atoms with Gasteiger partial charge in [-0.3, -0.25) is 9.59 Å². The van der Waals surface area contributed by atoms with Crippen LogP contribution >= 0.6 is 0 Å². The van der Waals surface area contributed by atoms with Crippen molar-refractivity contribution in [3.63, 3.8) is 0 Å². The largest absolute Gasteiger partial charge is 0.468 e. The third kappa shape index (κ3) is 6.23. The van der Waals surface area contributed by atoms with Crippen molar-refractivity contribution in [3.05, 3.63) is 83.4 Å². The Morgan fingerprint density at radius 1 is 0.939 bits per heavy atom. The molecule has 0 saturated heterocycles. The van der Waals surface area contributed by atoms with Crippen LogP contribution in [-0.2, 0) is 28.9 Å². The van der Waals surface area contributed by atoms with Gasteiger partial charge in [-0.15, -0.1) is 5.73 Å². The lowest BCUT2D eigenvalue weighted by molar-refractivity contribution is -0.169. The van der Waals surface area contributed by atoms with Gasteiger partial charge in [0, 0.05) is 18.4 Å². The molecule has 33 heavy (non-hydrogen) atoms. The molecule has 0 unspecified atom stereocenters. The van der Waals surface area contributed by atoms with Crippen molar-refractivity contribution in [2.45, 2.75) is 30.6 Å². The molecule has 2 aromatic carbocycles. The number of carbonyl (C=O) groups is 2. The number of benzene rings is 2. The zero-order valence-electron chi connectivity index (χ0n) is 18.7. The van der Waals surface area contributed by atoms with Gasteiger partial charge in [0.2, 0.25) is 9.84 Å². The van der Waals surface area contributed by atoms with E-state index >= 15 is 0 Å². The molecule has 2 aromatic rings. The summed E-state index contributed by atoms with van der Waals surface area (Å²) in [5, 5.41) is 0. The minimum atomic E-state index is -4.04. The molecule has 0 bridgehead atoms. The van der Waals surface area contributed by atoms with E-state index < -0.39 is 33.6 Å². The second kappa shape index (κ2) is 11.9.